The molecule has 2 atom stereocenters. The van der Waals surface area contributed by atoms with Crippen LogP contribution in [-0.4, -0.2) is 18.5 Å². The first-order chi connectivity index (χ1) is 10.2. The zero-order valence-corrected chi connectivity index (χ0v) is 13.3. The van der Waals surface area contributed by atoms with Crippen LogP contribution in [0.2, 0.25) is 0 Å². The van der Waals surface area contributed by atoms with E-state index in [0.29, 0.717) is 6.04 Å². The van der Waals surface area contributed by atoms with Crippen molar-refractivity contribution in [3.05, 3.63) is 29.8 Å². The number of hydrogen-bond acceptors (Lipinski definition) is 2. The van der Waals surface area contributed by atoms with Gasteiger partial charge < -0.3 is 10.6 Å². The first-order valence-electron chi connectivity index (χ1n) is 8.37. The quantitative estimate of drug-likeness (QED) is 0.823. The third kappa shape index (κ3) is 4.76. The summed E-state index contributed by atoms with van der Waals surface area (Å²) in [5.41, 5.74) is 1.82. The Hall–Kier alpha value is -1.51. The zero-order chi connectivity index (χ0) is 15.1. The normalized spacial score (nSPS) is 21.8. The topological polar surface area (TPSA) is 41.1 Å². The third-order valence-electron chi connectivity index (χ3n) is 4.39. The first kappa shape index (κ1) is 15.9. The molecule has 0 spiro atoms. The molecule has 0 bridgehead atoms. The lowest BCUT2D eigenvalue weighted by Gasteiger charge is -2.30. The highest BCUT2D eigenvalue weighted by Crippen LogP contribution is 2.28. The van der Waals surface area contributed by atoms with E-state index in [0.717, 1.165) is 30.1 Å². The largest absolute Gasteiger partial charge is 0.382 e. The highest BCUT2D eigenvalue weighted by atomic mass is 16.1. The highest BCUT2D eigenvalue weighted by Gasteiger charge is 2.20. The molecule has 1 aromatic rings. The van der Waals surface area contributed by atoms with Crippen LogP contribution >= 0.6 is 0 Å². The average Bonchev–Trinajstić information content (AvgIpc) is 2.53. The van der Waals surface area contributed by atoms with E-state index < -0.39 is 0 Å². The molecule has 1 aromatic carbocycles. The summed E-state index contributed by atoms with van der Waals surface area (Å²) in [5.74, 6) is 0.878. The van der Waals surface area contributed by atoms with Gasteiger partial charge in [-0.05, 0) is 43.4 Å². The Morgan fingerprint density at radius 1 is 1.29 bits per heavy atom. The lowest BCUT2D eigenvalue weighted by molar-refractivity contribution is 0.0953. The maximum Gasteiger partial charge on any atom is 0.251 e. The van der Waals surface area contributed by atoms with Crippen LogP contribution in [0.1, 0.15) is 62.7 Å². The number of nitrogens with one attached hydrogen (secondary N) is 2. The van der Waals surface area contributed by atoms with E-state index in [-0.39, 0.29) is 5.91 Å². The Morgan fingerprint density at radius 2 is 2.14 bits per heavy atom. The van der Waals surface area contributed by atoms with Gasteiger partial charge in [0, 0.05) is 23.8 Å². The maximum absolute atomic E-state index is 12.0. The number of carbonyl (C=O) groups is 1. The minimum atomic E-state index is 0.0237. The minimum Gasteiger partial charge on any atom is -0.382 e. The molecule has 3 nitrogen and oxygen atoms in total. The smallest absolute Gasteiger partial charge is 0.251 e. The van der Waals surface area contributed by atoms with Crippen molar-refractivity contribution >= 4 is 11.6 Å². The lowest BCUT2D eigenvalue weighted by Crippen LogP contribution is -2.27. The highest BCUT2D eigenvalue weighted by molar-refractivity contribution is 5.95. The van der Waals surface area contributed by atoms with Gasteiger partial charge in [0.25, 0.3) is 5.91 Å². The van der Waals surface area contributed by atoms with Crippen molar-refractivity contribution in [1.82, 2.24) is 5.32 Å². The fraction of sp³-hybridized carbons (Fsp3) is 0.611. The van der Waals surface area contributed by atoms with Crippen molar-refractivity contribution < 1.29 is 4.79 Å². The van der Waals surface area contributed by atoms with Gasteiger partial charge >= 0.3 is 0 Å². The SMILES string of the molecule is CCCNC(=O)c1cccc(NC2CCCC(CC)C2)c1. The summed E-state index contributed by atoms with van der Waals surface area (Å²) in [5, 5.41) is 6.55. The molecule has 1 amide bonds. The molecule has 1 saturated carbocycles. The summed E-state index contributed by atoms with van der Waals surface area (Å²) < 4.78 is 0. The van der Waals surface area contributed by atoms with Gasteiger partial charge in [-0.3, -0.25) is 4.79 Å². The summed E-state index contributed by atoms with van der Waals surface area (Å²) in [4.78, 5) is 12.0. The Labute approximate surface area is 128 Å². The standard InChI is InChI=1S/C18H28N2O/c1-3-11-19-18(21)15-8-6-10-17(13-15)20-16-9-5-7-14(4-2)12-16/h6,8,10,13-14,16,20H,3-5,7,9,11-12H2,1-2H3,(H,19,21). The molecule has 0 heterocycles. The van der Waals surface area contributed by atoms with Crippen molar-refractivity contribution in [3.63, 3.8) is 0 Å². The van der Waals surface area contributed by atoms with E-state index in [2.05, 4.69) is 30.5 Å². The monoisotopic (exact) mass is 288 g/mol. The Morgan fingerprint density at radius 3 is 2.90 bits per heavy atom. The average molecular weight is 288 g/mol. The minimum absolute atomic E-state index is 0.0237. The van der Waals surface area contributed by atoms with E-state index in [4.69, 9.17) is 0 Å². The summed E-state index contributed by atoms with van der Waals surface area (Å²) in [6, 6.07) is 8.43. The molecule has 0 aromatic heterocycles. The molecule has 21 heavy (non-hydrogen) atoms. The molecular formula is C18H28N2O. The van der Waals surface area contributed by atoms with Gasteiger partial charge in [0.15, 0.2) is 0 Å². The number of carbonyl (C=O) groups excluding carboxylic acids is 1. The Bertz CT molecular complexity index is 458. The molecule has 0 aliphatic heterocycles. The number of amides is 1. The maximum atomic E-state index is 12.0. The van der Waals surface area contributed by atoms with Crippen molar-refractivity contribution in [3.8, 4) is 0 Å². The fourth-order valence-corrected chi connectivity index (χ4v) is 3.12. The van der Waals surface area contributed by atoms with Crippen LogP contribution in [0, 0.1) is 5.92 Å². The van der Waals surface area contributed by atoms with E-state index >= 15 is 0 Å². The van der Waals surface area contributed by atoms with Crippen LogP contribution in [0.5, 0.6) is 0 Å². The molecule has 1 aliphatic carbocycles. The van der Waals surface area contributed by atoms with Crippen molar-refractivity contribution in [2.24, 2.45) is 5.92 Å². The second kappa shape index (κ2) is 8.06. The van der Waals surface area contributed by atoms with Gasteiger partial charge in [-0.15, -0.1) is 0 Å². The molecule has 2 N–H and O–H groups in total. The van der Waals surface area contributed by atoms with Gasteiger partial charge in [0.1, 0.15) is 0 Å². The molecule has 116 valence electrons. The summed E-state index contributed by atoms with van der Waals surface area (Å²) >= 11 is 0. The fourth-order valence-electron chi connectivity index (χ4n) is 3.12. The summed E-state index contributed by atoms with van der Waals surface area (Å²) in [6.45, 7) is 5.08. The van der Waals surface area contributed by atoms with E-state index in [1.54, 1.807) is 0 Å². The van der Waals surface area contributed by atoms with Gasteiger partial charge in [-0.25, -0.2) is 0 Å². The molecule has 2 rings (SSSR count). The molecule has 1 aliphatic rings. The van der Waals surface area contributed by atoms with Gasteiger partial charge in [-0.2, -0.15) is 0 Å². The molecule has 0 saturated heterocycles. The lowest BCUT2D eigenvalue weighted by atomic mass is 9.84. The number of anilines is 1. The second-order valence-electron chi connectivity index (χ2n) is 6.12. The second-order valence-corrected chi connectivity index (χ2v) is 6.12. The number of rotatable bonds is 6. The predicted octanol–water partition coefficient (Wildman–Crippen LogP) is 4.21. The zero-order valence-electron chi connectivity index (χ0n) is 13.3. The molecule has 3 heteroatoms. The van der Waals surface area contributed by atoms with Gasteiger partial charge in [0.05, 0.1) is 0 Å². The first-order valence-corrected chi connectivity index (χ1v) is 8.37. The van der Waals surface area contributed by atoms with E-state index in [1.165, 1.54) is 32.1 Å². The molecule has 0 radical (unpaired) electrons. The molecular weight excluding hydrogens is 260 g/mol. The Balaban J connectivity index is 1.95. The number of benzene rings is 1. The van der Waals surface area contributed by atoms with Crippen LogP contribution in [0.3, 0.4) is 0 Å². The summed E-state index contributed by atoms with van der Waals surface area (Å²) in [6.07, 6.45) is 7.41. The van der Waals surface area contributed by atoms with Crippen LogP contribution in [0.25, 0.3) is 0 Å². The van der Waals surface area contributed by atoms with Crippen molar-refractivity contribution in [2.75, 3.05) is 11.9 Å². The number of hydrogen-bond donors (Lipinski definition) is 2. The Kier molecular flexibility index (Phi) is 6.09. The van der Waals surface area contributed by atoms with E-state index in [9.17, 15) is 4.79 Å². The van der Waals surface area contributed by atoms with E-state index in [1.807, 2.05) is 18.2 Å². The van der Waals surface area contributed by atoms with Crippen molar-refractivity contribution in [2.45, 2.75) is 58.4 Å². The third-order valence-corrected chi connectivity index (χ3v) is 4.39. The van der Waals surface area contributed by atoms with Crippen LogP contribution in [0.15, 0.2) is 24.3 Å². The van der Waals surface area contributed by atoms with Crippen LogP contribution in [-0.2, 0) is 0 Å². The summed E-state index contributed by atoms with van der Waals surface area (Å²) in [7, 11) is 0. The van der Waals surface area contributed by atoms with Gasteiger partial charge in [-0.1, -0.05) is 39.2 Å². The molecule has 1 fully saturated rings. The molecule has 2 unspecified atom stereocenters. The van der Waals surface area contributed by atoms with Gasteiger partial charge in [0.2, 0.25) is 0 Å². The van der Waals surface area contributed by atoms with Crippen LogP contribution in [0.4, 0.5) is 5.69 Å². The van der Waals surface area contributed by atoms with Crippen LogP contribution < -0.4 is 10.6 Å². The predicted molar refractivity (Wildman–Crippen MR) is 88.7 cm³/mol. The van der Waals surface area contributed by atoms with Crippen molar-refractivity contribution in [1.29, 1.82) is 0 Å².